The summed E-state index contributed by atoms with van der Waals surface area (Å²) in [5.41, 5.74) is 8.55. The maximum Gasteiger partial charge on any atom is 0.418 e. The number of hydroxylamine groups is 4. The van der Waals surface area contributed by atoms with Crippen molar-refractivity contribution >= 4 is 62.6 Å². The Morgan fingerprint density at radius 2 is 1.04 bits per heavy atom. The van der Waals surface area contributed by atoms with Crippen molar-refractivity contribution < 1.29 is 72.8 Å². The lowest BCUT2D eigenvalue weighted by atomic mass is 10.0. The Balaban J connectivity index is 0.000000224. The maximum absolute atomic E-state index is 12.6. The fourth-order valence-corrected chi connectivity index (χ4v) is 8.35. The monoisotopic (exact) mass is 853 g/mol. The van der Waals surface area contributed by atoms with Gasteiger partial charge in [-0.05, 0) is 72.1 Å². The van der Waals surface area contributed by atoms with Crippen molar-refractivity contribution in [1.82, 2.24) is 46.5 Å². The van der Waals surface area contributed by atoms with Crippen LogP contribution in [-0.4, -0.2) is 148 Å². The number of amides is 9. The number of urea groups is 2. The highest BCUT2D eigenvalue weighted by Gasteiger charge is 2.51. The van der Waals surface area contributed by atoms with E-state index in [4.69, 9.17) is 13.8 Å². The van der Waals surface area contributed by atoms with Crippen LogP contribution in [0.5, 0.6) is 0 Å². The number of likely N-dealkylation sites (tertiary alicyclic amines) is 1. The first-order valence-corrected chi connectivity index (χ1v) is 21.0. The van der Waals surface area contributed by atoms with E-state index in [2.05, 4.69) is 30.3 Å². The van der Waals surface area contributed by atoms with Crippen LogP contribution in [0.15, 0.2) is 0 Å². The number of carbonyl (C=O) groups is 7. The molecule has 1 aliphatic carbocycles. The van der Waals surface area contributed by atoms with Gasteiger partial charge in [0, 0.05) is 25.6 Å². The van der Waals surface area contributed by atoms with Crippen molar-refractivity contribution in [3.8, 4) is 0 Å². The molecular formula is C30H47N9O16S2. The number of nitrogens with one attached hydrogen (secondary N) is 4. The van der Waals surface area contributed by atoms with Crippen molar-refractivity contribution in [2.75, 3.05) is 19.6 Å². The summed E-state index contributed by atoms with van der Waals surface area (Å²) in [6.45, 7) is 5.61. The zero-order valence-corrected chi connectivity index (χ0v) is 33.0. The summed E-state index contributed by atoms with van der Waals surface area (Å²) < 4.78 is 75.1. The van der Waals surface area contributed by atoms with Crippen molar-refractivity contribution in [2.45, 2.75) is 121 Å². The Kier molecular flexibility index (Phi) is 13.1. The van der Waals surface area contributed by atoms with Crippen LogP contribution in [0.1, 0.15) is 85.0 Å². The van der Waals surface area contributed by atoms with E-state index in [-0.39, 0.29) is 44.2 Å². The van der Waals surface area contributed by atoms with Crippen LogP contribution in [0.3, 0.4) is 0 Å². The molecule has 6 rings (SSSR count). The minimum absolute atomic E-state index is 0.0232. The summed E-state index contributed by atoms with van der Waals surface area (Å²) >= 11 is 0. The lowest BCUT2D eigenvalue weighted by molar-refractivity contribution is -0.133. The molecule has 6 aliphatic rings. The van der Waals surface area contributed by atoms with Gasteiger partial charge in [-0.25, -0.2) is 14.4 Å². The molecule has 0 aromatic carbocycles. The Labute approximate surface area is 327 Å². The van der Waals surface area contributed by atoms with Crippen molar-refractivity contribution in [1.29, 1.82) is 0 Å². The van der Waals surface area contributed by atoms with Crippen LogP contribution in [0.4, 0.5) is 14.4 Å². The third kappa shape index (κ3) is 10.9. The zero-order valence-electron chi connectivity index (χ0n) is 31.3. The number of piperidine rings is 2. The second-order valence-corrected chi connectivity index (χ2v) is 17.3. The van der Waals surface area contributed by atoms with Crippen molar-refractivity contribution in [3.63, 3.8) is 0 Å². The molecule has 5 aliphatic heterocycles. The van der Waals surface area contributed by atoms with Crippen LogP contribution in [0, 0.1) is 5.92 Å². The molecule has 5 heterocycles. The van der Waals surface area contributed by atoms with Gasteiger partial charge >= 0.3 is 39.0 Å². The quantitative estimate of drug-likeness (QED) is 0.124. The topological polar surface area (TPSA) is 320 Å². The van der Waals surface area contributed by atoms with Crippen molar-refractivity contribution in [2.24, 2.45) is 5.92 Å². The standard InChI is InChI=1S/C17H27N5O9S.C13H20N4O7S/c1-17(2,3)30-16(26)20-8-4-5-11(20)13(23)18-19-14(24)12-7-6-10-9-21(12)15(25)22(10)31-32(27,28)29;18-11(8-3-1-2-4-8)14-15-12(19)10-6-5-9-7-16(10)13(20)17(9)24-25(21,22)23/h10-12H,4-9H2,1-3H3,(H,18,23)(H,19,24)(H,27,28,29);8-10H,1-7H2,(H,14,18)(H,15,19)(H,21,22,23)/t10-,11?,12+;9-,10+/m11/s1. The fourth-order valence-electron chi connectivity index (χ4n) is 7.57. The normalized spacial score (nSPS) is 26.2. The van der Waals surface area contributed by atoms with E-state index in [0.717, 1.165) is 35.5 Å². The molecule has 25 nitrogen and oxygen atoms in total. The van der Waals surface area contributed by atoms with E-state index < -0.39 is 92.5 Å². The molecular weight excluding hydrogens is 807 g/mol. The third-order valence-electron chi connectivity index (χ3n) is 10.1. The third-order valence-corrected chi connectivity index (χ3v) is 10.8. The van der Waals surface area contributed by atoms with Gasteiger partial charge in [-0.15, -0.1) is 8.57 Å². The number of nitrogens with zero attached hydrogens (tertiary/aromatic N) is 5. The van der Waals surface area contributed by atoms with Crippen molar-refractivity contribution in [3.05, 3.63) is 0 Å². The first-order chi connectivity index (χ1) is 26.5. The number of rotatable bonds is 8. The Morgan fingerprint density at radius 1 is 0.614 bits per heavy atom. The van der Waals surface area contributed by atoms with Crippen LogP contribution in [0.2, 0.25) is 0 Å². The highest BCUT2D eigenvalue weighted by atomic mass is 32.3. The first kappa shape index (κ1) is 43.6. The van der Waals surface area contributed by atoms with Gasteiger partial charge in [0.1, 0.15) is 23.7 Å². The molecule has 0 radical (unpaired) electrons. The van der Waals surface area contributed by atoms with Crippen LogP contribution in [-0.2, 0) is 53.3 Å². The van der Waals surface area contributed by atoms with Gasteiger partial charge in [-0.2, -0.15) is 27.0 Å². The lowest BCUT2D eigenvalue weighted by Gasteiger charge is -2.30. The molecule has 9 amide bonds. The number of hydrazine groups is 2. The molecule has 5 atom stereocenters. The molecule has 0 spiro atoms. The number of carbonyl (C=O) groups excluding carboxylic acids is 7. The number of ether oxygens (including phenoxy) is 1. The number of fused-ring (bicyclic) bond motifs is 4. The Hall–Kier alpha value is -4.57. The summed E-state index contributed by atoms with van der Waals surface area (Å²) in [6, 6.07) is -5.53. The SMILES string of the molecule is CC(C)(C)OC(=O)N1CCCC1C(=O)NNC(=O)[C@@H]1CC[C@@H]2CN1C(=O)N2OS(=O)(=O)O.O=C(NNC(=O)[C@@H]1CC[C@@H]2CN1C(=O)N2OS(=O)(=O)O)C1CCCC1. The molecule has 4 bridgehead atoms. The van der Waals surface area contributed by atoms with Gasteiger partial charge < -0.3 is 14.5 Å². The van der Waals surface area contributed by atoms with Gasteiger partial charge in [0.2, 0.25) is 5.91 Å². The Morgan fingerprint density at radius 3 is 1.46 bits per heavy atom. The summed E-state index contributed by atoms with van der Waals surface area (Å²) in [6.07, 6.45) is 4.98. The summed E-state index contributed by atoms with van der Waals surface area (Å²) in [5, 5.41) is 1.10. The molecule has 5 saturated heterocycles. The highest BCUT2D eigenvalue weighted by molar-refractivity contribution is 7.81. The van der Waals surface area contributed by atoms with E-state index >= 15 is 0 Å². The van der Waals surface area contributed by atoms with E-state index in [0.29, 0.717) is 35.9 Å². The molecule has 0 aromatic heterocycles. The molecule has 1 saturated carbocycles. The summed E-state index contributed by atoms with van der Waals surface area (Å²) in [4.78, 5) is 89.9. The molecule has 0 aromatic rings. The highest BCUT2D eigenvalue weighted by Crippen LogP contribution is 2.32. The number of hydrogen-bond acceptors (Lipinski definition) is 14. The molecule has 6 N–H and O–H groups in total. The second-order valence-electron chi connectivity index (χ2n) is 15.3. The van der Waals surface area contributed by atoms with E-state index in [1.54, 1.807) is 20.8 Å². The number of hydrogen-bond donors (Lipinski definition) is 6. The molecule has 6 fully saturated rings. The second kappa shape index (κ2) is 17.1. The molecule has 320 valence electrons. The van der Waals surface area contributed by atoms with Gasteiger partial charge in [-0.1, -0.05) is 12.8 Å². The summed E-state index contributed by atoms with van der Waals surface area (Å²) in [7, 11) is -9.72. The van der Waals surface area contributed by atoms with E-state index in [1.807, 2.05) is 0 Å². The molecule has 57 heavy (non-hydrogen) atoms. The van der Waals surface area contributed by atoms with Crippen LogP contribution < -0.4 is 21.7 Å². The van der Waals surface area contributed by atoms with Gasteiger partial charge in [0.05, 0.1) is 12.1 Å². The van der Waals surface area contributed by atoms with Crippen LogP contribution in [0.25, 0.3) is 0 Å². The summed E-state index contributed by atoms with van der Waals surface area (Å²) in [5.74, 6) is -2.18. The molecule has 27 heteroatoms. The van der Waals surface area contributed by atoms with E-state index in [9.17, 15) is 50.4 Å². The zero-order chi connectivity index (χ0) is 42.0. The average Bonchev–Trinajstić information content (AvgIpc) is 3.92. The van der Waals surface area contributed by atoms with Gasteiger partial charge in [0.25, 0.3) is 17.7 Å². The first-order valence-electron chi connectivity index (χ1n) is 18.3. The van der Waals surface area contributed by atoms with Crippen LogP contribution >= 0.6 is 0 Å². The molecule has 1 unspecified atom stereocenters. The van der Waals surface area contributed by atoms with E-state index in [1.165, 1.54) is 4.90 Å². The average molecular weight is 854 g/mol. The Bertz CT molecular complexity index is 1840. The van der Waals surface area contributed by atoms with Gasteiger partial charge in [-0.3, -0.25) is 54.9 Å². The fraction of sp³-hybridized carbons (Fsp3) is 0.767. The predicted molar refractivity (Wildman–Crippen MR) is 187 cm³/mol. The minimum Gasteiger partial charge on any atom is -0.444 e. The van der Waals surface area contributed by atoms with Gasteiger partial charge in [0.15, 0.2) is 0 Å². The predicted octanol–water partition coefficient (Wildman–Crippen LogP) is -1.14. The minimum atomic E-state index is -4.89. The maximum atomic E-state index is 12.6. The smallest absolute Gasteiger partial charge is 0.418 e. The largest absolute Gasteiger partial charge is 0.444 e. The lowest BCUT2D eigenvalue weighted by Crippen LogP contribution is -2.57.